The van der Waals surface area contributed by atoms with Gasteiger partial charge >= 0.3 is 0 Å². The summed E-state index contributed by atoms with van der Waals surface area (Å²) in [5.41, 5.74) is 0.784. The van der Waals surface area contributed by atoms with E-state index in [1.165, 1.54) is 12.1 Å². The molecule has 116 valence electrons. The number of halogens is 1. The fourth-order valence-corrected chi connectivity index (χ4v) is 2.21. The smallest absolute Gasteiger partial charge is 0.269 e. The molecule has 7 heteroatoms. The van der Waals surface area contributed by atoms with Gasteiger partial charge in [-0.25, -0.2) is 0 Å². The summed E-state index contributed by atoms with van der Waals surface area (Å²) >= 11 is 0. The second-order valence-corrected chi connectivity index (χ2v) is 5.29. The van der Waals surface area contributed by atoms with Gasteiger partial charge in [0.25, 0.3) is 5.69 Å². The molecule has 6 nitrogen and oxygen atoms in total. The van der Waals surface area contributed by atoms with Gasteiger partial charge in [-0.3, -0.25) is 14.9 Å². The van der Waals surface area contributed by atoms with E-state index >= 15 is 0 Å². The quantitative estimate of drug-likeness (QED) is 0.643. The largest absolute Gasteiger partial charge is 0.349 e. The molecule has 1 heterocycles. The maximum Gasteiger partial charge on any atom is 0.269 e. The van der Waals surface area contributed by atoms with Gasteiger partial charge in [0, 0.05) is 18.1 Å². The van der Waals surface area contributed by atoms with Crippen LogP contribution >= 0.6 is 12.4 Å². The van der Waals surface area contributed by atoms with Crippen LogP contribution in [0.2, 0.25) is 0 Å². The highest BCUT2D eigenvalue weighted by atomic mass is 35.5. The Morgan fingerprint density at radius 1 is 1.43 bits per heavy atom. The van der Waals surface area contributed by atoms with Crippen LogP contribution in [0.5, 0.6) is 0 Å². The lowest BCUT2D eigenvalue weighted by molar-refractivity contribution is -0.384. The first-order chi connectivity index (χ1) is 9.49. The van der Waals surface area contributed by atoms with Crippen LogP contribution in [0, 0.1) is 22.0 Å². The Kier molecular flexibility index (Phi) is 6.11. The third-order valence-electron chi connectivity index (χ3n) is 3.87. The topological polar surface area (TPSA) is 84.3 Å². The van der Waals surface area contributed by atoms with Crippen molar-refractivity contribution < 1.29 is 9.72 Å². The minimum Gasteiger partial charge on any atom is -0.349 e. The average Bonchev–Trinajstić information content (AvgIpc) is 2.36. The monoisotopic (exact) mass is 313 g/mol. The number of benzene rings is 1. The number of rotatable bonds is 5. The number of nitro groups is 1. The van der Waals surface area contributed by atoms with Crippen LogP contribution in [0.3, 0.4) is 0 Å². The molecule has 0 aromatic heterocycles. The molecule has 2 atom stereocenters. The van der Waals surface area contributed by atoms with Gasteiger partial charge in [-0.2, -0.15) is 0 Å². The highest BCUT2D eigenvalue weighted by Crippen LogP contribution is 2.21. The summed E-state index contributed by atoms with van der Waals surface area (Å²) in [6.07, 6.45) is 0. The van der Waals surface area contributed by atoms with E-state index in [-0.39, 0.29) is 36.0 Å². The second kappa shape index (κ2) is 7.38. The summed E-state index contributed by atoms with van der Waals surface area (Å²) in [7, 11) is 0. The SMILES string of the molecule is CC(NC(=O)C(C)C1CNC1)c1cccc([N+](=O)[O-])c1.Cl. The Bertz CT molecular complexity index is 520. The van der Waals surface area contributed by atoms with Crippen LogP contribution in [0.4, 0.5) is 5.69 Å². The minimum absolute atomic E-state index is 0. The standard InChI is InChI=1S/C14H19N3O3.ClH/c1-9(12-7-15-8-12)14(18)16-10(2)11-4-3-5-13(6-11)17(19)20;/h3-6,9-10,12,15H,7-8H2,1-2H3,(H,16,18);1H. The maximum atomic E-state index is 12.1. The van der Waals surface area contributed by atoms with E-state index in [4.69, 9.17) is 0 Å². The van der Waals surface area contributed by atoms with Crippen molar-refractivity contribution in [3.8, 4) is 0 Å². The molecule has 21 heavy (non-hydrogen) atoms. The van der Waals surface area contributed by atoms with Crippen molar-refractivity contribution in [2.75, 3.05) is 13.1 Å². The first kappa shape index (κ1) is 17.4. The van der Waals surface area contributed by atoms with E-state index in [2.05, 4.69) is 10.6 Å². The number of nitrogens with zero attached hydrogens (tertiary/aromatic N) is 1. The van der Waals surface area contributed by atoms with Gasteiger partial charge in [0.2, 0.25) is 5.91 Å². The Hall–Kier alpha value is -1.66. The first-order valence-electron chi connectivity index (χ1n) is 6.74. The van der Waals surface area contributed by atoms with Gasteiger partial charge in [0.15, 0.2) is 0 Å². The summed E-state index contributed by atoms with van der Waals surface area (Å²) in [6.45, 7) is 5.50. The molecular formula is C14H20ClN3O3. The third kappa shape index (κ3) is 4.15. The normalized spacial score (nSPS) is 17.0. The Labute approximate surface area is 129 Å². The highest BCUT2D eigenvalue weighted by Gasteiger charge is 2.29. The van der Waals surface area contributed by atoms with E-state index in [9.17, 15) is 14.9 Å². The zero-order valence-corrected chi connectivity index (χ0v) is 12.9. The Morgan fingerprint density at radius 3 is 2.62 bits per heavy atom. The van der Waals surface area contributed by atoms with Crippen molar-refractivity contribution in [3.63, 3.8) is 0 Å². The van der Waals surface area contributed by atoms with E-state index in [0.29, 0.717) is 5.92 Å². The average molecular weight is 314 g/mol. The first-order valence-corrected chi connectivity index (χ1v) is 6.74. The van der Waals surface area contributed by atoms with Gasteiger partial charge in [-0.15, -0.1) is 12.4 Å². The van der Waals surface area contributed by atoms with Crippen LogP contribution in [-0.2, 0) is 4.79 Å². The number of non-ortho nitro benzene ring substituents is 1. The van der Waals surface area contributed by atoms with Crippen LogP contribution in [-0.4, -0.2) is 23.9 Å². The fraction of sp³-hybridized carbons (Fsp3) is 0.500. The molecular weight excluding hydrogens is 294 g/mol. The number of carbonyl (C=O) groups is 1. The van der Waals surface area contributed by atoms with E-state index in [1.54, 1.807) is 12.1 Å². The number of nitrogens with one attached hydrogen (secondary N) is 2. The number of hydrogen-bond acceptors (Lipinski definition) is 4. The Balaban J connectivity index is 0.00000220. The minimum atomic E-state index is -0.430. The number of hydrogen-bond donors (Lipinski definition) is 2. The second-order valence-electron chi connectivity index (χ2n) is 5.29. The molecule has 1 saturated heterocycles. The van der Waals surface area contributed by atoms with Gasteiger partial charge in [0.1, 0.15) is 0 Å². The predicted molar refractivity (Wildman–Crippen MR) is 82.4 cm³/mol. The molecule has 1 fully saturated rings. The molecule has 1 amide bonds. The van der Waals surface area contributed by atoms with Crippen LogP contribution in [0.15, 0.2) is 24.3 Å². The lowest BCUT2D eigenvalue weighted by Gasteiger charge is -2.32. The van der Waals surface area contributed by atoms with Crippen molar-refractivity contribution in [2.24, 2.45) is 11.8 Å². The van der Waals surface area contributed by atoms with Gasteiger partial charge in [0.05, 0.1) is 11.0 Å². The number of amides is 1. The van der Waals surface area contributed by atoms with E-state index < -0.39 is 4.92 Å². The molecule has 1 aromatic carbocycles. The van der Waals surface area contributed by atoms with E-state index in [1.807, 2.05) is 13.8 Å². The summed E-state index contributed by atoms with van der Waals surface area (Å²) < 4.78 is 0. The summed E-state index contributed by atoms with van der Waals surface area (Å²) in [4.78, 5) is 22.4. The van der Waals surface area contributed by atoms with E-state index in [0.717, 1.165) is 18.7 Å². The van der Waals surface area contributed by atoms with Crippen molar-refractivity contribution >= 4 is 24.0 Å². The lowest BCUT2D eigenvalue weighted by atomic mass is 9.88. The molecule has 2 rings (SSSR count). The molecule has 2 N–H and O–H groups in total. The van der Waals surface area contributed by atoms with Gasteiger partial charge < -0.3 is 10.6 Å². The van der Waals surface area contributed by atoms with Gasteiger partial charge in [-0.05, 0) is 31.5 Å². The molecule has 0 bridgehead atoms. The number of nitro benzene ring substituents is 1. The summed E-state index contributed by atoms with van der Waals surface area (Å²) in [5.74, 6) is 0.334. The summed E-state index contributed by atoms with van der Waals surface area (Å²) in [6, 6.07) is 6.13. The van der Waals surface area contributed by atoms with Gasteiger partial charge in [-0.1, -0.05) is 19.1 Å². The van der Waals surface area contributed by atoms with Crippen molar-refractivity contribution in [1.82, 2.24) is 10.6 Å². The third-order valence-corrected chi connectivity index (χ3v) is 3.87. The Morgan fingerprint density at radius 2 is 2.10 bits per heavy atom. The molecule has 0 radical (unpaired) electrons. The van der Waals surface area contributed by atoms with Crippen LogP contribution < -0.4 is 10.6 Å². The zero-order valence-electron chi connectivity index (χ0n) is 12.0. The zero-order chi connectivity index (χ0) is 14.7. The van der Waals surface area contributed by atoms with Crippen LogP contribution in [0.1, 0.15) is 25.5 Å². The van der Waals surface area contributed by atoms with Crippen LogP contribution in [0.25, 0.3) is 0 Å². The van der Waals surface area contributed by atoms with Crippen molar-refractivity contribution in [1.29, 1.82) is 0 Å². The predicted octanol–water partition coefficient (Wildman–Crippen LogP) is 2.05. The number of carbonyl (C=O) groups excluding carboxylic acids is 1. The molecule has 0 saturated carbocycles. The lowest BCUT2D eigenvalue weighted by Crippen LogP contribution is -2.49. The fourth-order valence-electron chi connectivity index (χ4n) is 2.21. The molecule has 1 aliphatic heterocycles. The molecule has 1 aliphatic rings. The molecule has 2 unspecified atom stereocenters. The molecule has 0 aliphatic carbocycles. The maximum absolute atomic E-state index is 12.1. The highest BCUT2D eigenvalue weighted by molar-refractivity contribution is 5.85. The summed E-state index contributed by atoms with van der Waals surface area (Å²) in [5, 5.41) is 16.8. The molecule has 0 spiro atoms. The van der Waals surface area contributed by atoms with Crippen molar-refractivity contribution in [2.45, 2.75) is 19.9 Å². The molecule has 1 aromatic rings. The van der Waals surface area contributed by atoms with Crippen molar-refractivity contribution in [3.05, 3.63) is 39.9 Å².